The molecular formula is C52H36FN3. The first kappa shape index (κ1) is 32.4. The van der Waals surface area contributed by atoms with E-state index in [2.05, 4.69) is 163 Å². The normalized spacial score (nSPS) is 13.1. The zero-order chi connectivity index (χ0) is 37.5. The van der Waals surface area contributed by atoms with Gasteiger partial charge in [0.25, 0.3) is 0 Å². The third kappa shape index (κ3) is 4.72. The van der Waals surface area contributed by atoms with Gasteiger partial charge in [0, 0.05) is 33.6 Å². The van der Waals surface area contributed by atoms with Gasteiger partial charge in [-0.3, -0.25) is 4.90 Å². The van der Waals surface area contributed by atoms with Crippen molar-refractivity contribution in [3.8, 4) is 11.1 Å². The molecule has 0 radical (unpaired) electrons. The molecule has 9 aromatic carbocycles. The van der Waals surface area contributed by atoms with Crippen LogP contribution in [0.5, 0.6) is 0 Å². The summed E-state index contributed by atoms with van der Waals surface area (Å²) in [7, 11) is 0. The molecule has 4 heteroatoms. The second kappa shape index (κ2) is 12.2. The Labute approximate surface area is 324 Å². The van der Waals surface area contributed by atoms with Crippen LogP contribution in [0.4, 0.5) is 38.6 Å². The van der Waals surface area contributed by atoms with Gasteiger partial charge in [-0.2, -0.15) is 0 Å². The van der Waals surface area contributed by atoms with Gasteiger partial charge in [-0.25, -0.2) is 9.37 Å². The van der Waals surface area contributed by atoms with Crippen molar-refractivity contribution >= 4 is 77.3 Å². The molecule has 0 spiro atoms. The van der Waals surface area contributed by atoms with Gasteiger partial charge in [0.2, 0.25) is 0 Å². The fourth-order valence-electron chi connectivity index (χ4n) is 9.30. The number of aromatic nitrogens is 1. The maximum absolute atomic E-state index is 16.3. The fourth-order valence-corrected chi connectivity index (χ4v) is 9.30. The average Bonchev–Trinajstić information content (AvgIpc) is 3.48. The lowest BCUT2D eigenvalue weighted by Gasteiger charge is -2.31. The number of anilines is 6. The monoisotopic (exact) mass is 721 g/mol. The van der Waals surface area contributed by atoms with Gasteiger partial charge in [-0.15, -0.1) is 0 Å². The SMILES string of the molecule is CC1(C)c2ccccc2-c2c(N(c3ccccc3F)c3ccc4ccc5c(N(c6ccc7ccccc7c6)c6ccccn6)ccc6ccc3c4c65)cccc21. The predicted octanol–water partition coefficient (Wildman–Crippen LogP) is 14.5. The zero-order valence-corrected chi connectivity index (χ0v) is 31.0. The standard InChI is InChI=1S/C52H36FN3/c1-52(2)41-15-6-5-14-38(41)51-42(52)16-11-19-47(51)56(46-18-8-7-17-43(46)53)45-30-25-35-22-27-39-44(29-24-34-23-28-40(45)50(35)49(34)39)55(48-20-9-10-31-54-48)37-26-21-33-12-3-4-13-36(33)32-37/h3-32H,1-2H3. The molecule has 0 fully saturated rings. The van der Waals surface area contributed by atoms with E-state index < -0.39 is 0 Å². The molecule has 266 valence electrons. The summed E-state index contributed by atoms with van der Waals surface area (Å²) in [6.07, 6.45) is 1.85. The topological polar surface area (TPSA) is 19.4 Å². The van der Waals surface area contributed by atoms with Crippen LogP contribution in [0.2, 0.25) is 0 Å². The number of nitrogens with zero attached hydrogens (tertiary/aromatic N) is 3. The van der Waals surface area contributed by atoms with Gasteiger partial charge in [-0.05, 0) is 104 Å². The largest absolute Gasteiger partial charge is 0.306 e. The van der Waals surface area contributed by atoms with Crippen molar-refractivity contribution in [3.63, 3.8) is 0 Å². The Morgan fingerprint density at radius 2 is 1.07 bits per heavy atom. The minimum absolute atomic E-state index is 0.202. The first-order valence-electron chi connectivity index (χ1n) is 19.2. The fraction of sp³-hybridized carbons (Fsp3) is 0.0577. The van der Waals surface area contributed by atoms with E-state index in [0.29, 0.717) is 5.69 Å². The lowest BCUT2D eigenvalue weighted by atomic mass is 9.82. The molecule has 0 N–H and O–H groups in total. The van der Waals surface area contributed by atoms with Crippen LogP contribution in [-0.2, 0) is 5.41 Å². The second-order valence-corrected chi connectivity index (χ2v) is 15.3. The second-order valence-electron chi connectivity index (χ2n) is 15.3. The Hall–Kier alpha value is -7.04. The van der Waals surface area contributed by atoms with E-state index in [1.54, 1.807) is 12.1 Å². The Bertz CT molecular complexity index is 3150. The lowest BCUT2D eigenvalue weighted by Crippen LogP contribution is -2.16. The van der Waals surface area contributed by atoms with E-state index in [9.17, 15) is 0 Å². The van der Waals surface area contributed by atoms with E-state index in [1.165, 1.54) is 32.8 Å². The van der Waals surface area contributed by atoms with Crippen molar-refractivity contribution in [2.75, 3.05) is 9.80 Å². The van der Waals surface area contributed by atoms with Gasteiger partial charge in [0.15, 0.2) is 0 Å². The van der Waals surface area contributed by atoms with E-state index in [4.69, 9.17) is 4.98 Å². The van der Waals surface area contributed by atoms with Crippen molar-refractivity contribution in [3.05, 3.63) is 199 Å². The van der Waals surface area contributed by atoms with Crippen molar-refractivity contribution < 1.29 is 4.39 Å². The van der Waals surface area contributed by atoms with Crippen molar-refractivity contribution in [2.24, 2.45) is 0 Å². The molecule has 0 aliphatic heterocycles. The maximum Gasteiger partial charge on any atom is 0.147 e. The van der Waals surface area contributed by atoms with Gasteiger partial charge in [-0.1, -0.05) is 135 Å². The smallest absolute Gasteiger partial charge is 0.147 e. The quantitative estimate of drug-likeness (QED) is 0.159. The molecule has 1 aliphatic rings. The molecule has 3 nitrogen and oxygen atoms in total. The third-order valence-electron chi connectivity index (χ3n) is 11.9. The van der Waals surface area contributed by atoms with E-state index >= 15 is 4.39 Å². The molecular weight excluding hydrogens is 686 g/mol. The molecule has 1 aromatic heterocycles. The summed E-state index contributed by atoms with van der Waals surface area (Å²) in [6.45, 7) is 4.57. The minimum atomic E-state index is -0.273. The van der Waals surface area contributed by atoms with Crippen LogP contribution in [0, 0.1) is 5.82 Å². The Kier molecular flexibility index (Phi) is 7.08. The van der Waals surface area contributed by atoms with Crippen molar-refractivity contribution in [1.29, 1.82) is 0 Å². The Morgan fingerprint density at radius 1 is 0.464 bits per heavy atom. The molecule has 0 saturated heterocycles. The van der Waals surface area contributed by atoms with Gasteiger partial charge in [0.05, 0.1) is 22.7 Å². The highest BCUT2D eigenvalue weighted by atomic mass is 19.1. The van der Waals surface area contributed by atoms with Crippen LogP contribution in [0.3, 0.4) is 0 Å². The highest BCUT2D eigenvalue weighted by Gasteiger charge is 2.38. The van der Waals surface area contributed by atoms with Crippen molar-refractivity contribution in [2.45, 2.75) is 19.3 Å². The molecule has 0 unspecified atom stereocenters. The summed E-state index contributed by atoms with van der Waals surface area (Å²) in [5.74, 6) is 0.565. The van der Waals surface area contributed by atoms with E-state index in [-0.39, 0.29) is 11.2 Å². The van der Waals surface area contributed by atoms with Crippen LogP contribution < -0.4 is 9.80 Å². The van der Waals surface area contributed by atoms with Gasteiger partial charge in [0.1, 0.15) is 11.6 Å². The molecule has 56 heavy (non-hydrogen) atoms. The van der Waals surface area contributed by atoms with Gasteiger partial charge >= 0.3 is 0 Å². The van der Waals surface area contributed by atoms with Crippen LogP contribution in [0.25, 0.3) is 54.2 Å². The molecule has 0 bridgehead atoms. The Balaban J connectivity index is 1.19. The number of benzene rings is 9. The minimum Gasteiger partial charge on any atom is -0.306 e. The predicted molar refractivity (Wildman–Crippen MR) is 232 cm³/mol. The van der Waals surface area contributed by atoms with Crippen LogP contribution in [0.15, 0.2) is 182 Å². The number of hydrogen-bond acceptors (Lipinski definition) is 3. The molecule has 1 heterocycles. The number of fused-ring (bicyclic) bond motifs is 4. The molecule has 0 amide bonds. The van der Waals surface area contributed by atoms with Crippen LogP contribution in [0.1, 0.15) is 25.0 Å². The number of para-hydroxylation sites is 1. The number of pyridine rings is 1. The number of rotatable bonds is 6. The molecule has 0 atom stereocenters. The summed E-state index contributed by atoms with van der Waals surface area (Å²) >= 11 is 0. The van der Waals surface area contributed by atoms with Crippen LogP contribution >= 0.6 is 0 Å². The molecule has 10 aromatic rings. The summed E-state index contributed by atoms with van der Waals surface area (Å²) < 4.78 is 16.3. The zero-order valence-electron chi connectivity index (χ0n) is 31.0. The lowest BCUT2D eigenvalue weighted by molar-refractivity contribution is 0.629. The number of hydrogen-bond donors (Lipinski definition) is 0. The van der Waals surface area contributed by atoms with E-state index in [0.717, 1.165) is 61.1 Å². The molecule has 1 aliphatic carbocycles. The summed E-state index contributed by atoms with van der Waals surface area (Å²) in [5.41, 5.74) is 9.12. The highest BCUT2D eigenvalue weighted by Crippen LogP contribution is 2.55. The molecule has 0 saturated carbocycles. The average molecular weight is 722 g/mol. The van der Waals surface area contributed by atoms with Crippen molar-refractivity contribution in [1.82, 2.24) is 4.98 Å². The summed E-state index contributed by atoms with van der Waals surface area (Å²) in [6, 6.07) is 61.1. The third-order valence-corrected chi connectivity index (χ3v) is 11.9. The maximum atomic E-state index is 16.3. The summed E-state index contributed by atoms with van der Waals surface area (Å²) in [5, 5.41) is 9.12. The van der Waals surface area contributed by atoms with Crippen LogP contribution in [-0.4, -0.2) is 4.98 Å². The van der Waals surface area contributed by atoms with Gasteiger partial charge < -0.3 is 4.90 Å². The molecule has 11 rings (SSSR count). The Morgan fingerprint density at radius 3 is 1.82 bits per heavy atom. The first-order chi connectivity index (χ1) is 27.5. The first-order valence-corrected chi connectivity index (χ1v) is 19.2. The number of halogens is 1. The van der Waals surface area contributed by atoms with E-state index in [1.807, 2.05) is 30.5 Å². The summed E-state index contributed by atoms with van der Waals surface area (Å²) in [4.78, 5) is 9.28. The highest BCUT2D eigenvalue weighted by molar-refractivity contribution is 6.28.